The zero-order valence-electron chi connectivity index (χ0n) is 8.12. The predicted octanol–water partition coefficient (Wildman–Crippen LogP) is 1.10. The third kappa shape index (κ3) is 1.07. The minimum atomic E-state index is 0.0846. The predicted molar refractivity (Wildman–Crippen MR) is 51.2 cm³/mol. The first-order valence-electron chi connectivity index (χ1n) is 4.59. The molecule has 1 fully saturated rings. The monoisotopic (exact) mass is 177 g/mol. The van der Waals surface area contributed by atoms with Gasteiger partial charge in [-0.2, -0.15) is 0 Å². The van der Waals surface area contributed by atoms with Crippen LogP contribution in [-0.2, 0) is 5.41 Å². The Morgan fingerprint density at radius 3 is 2.54 bits per heavy atom. The summed E-state index contributed by atoms with van der Waals surface area (Å²) in [6.07, 6.45) is 6.39. The van der Waals surface area contributed by atoms with Gasteiger partial charge in [-0.1, -0.05) is 13.8 Å². The van der Waals surface area contributed by atoms with E-state index in [1.807, 2.05) is 6.20 Å². The molecule has 1 saturated carbocycles. The normalized spacial score (nSPS) is 30.1. The topological polar surface area (TPSA) is 51.8 Å². The molecule has 1 aliphatic rings. The van der Waals surface area contributed by atoms with Crippen molar-refractivity contribution in [2.24, 2.45) is 11.1 Å². The summed E-state index contributed by atoms with van der Waals surface area (Å²) in [5.74, 6) is 0. The molecule has 0 saturated heterocycles. The van der Waals surface area contributed by atoms with Crippen LogP contribution in [0.3, 0.4) is 0 Å². The molecule has 0 aromatic carbocycles. The summed E-state index contributed by atoms with van der Waals surface area (Å²) in [6, 6.07) is 0. The number of nitrogens with two attached hydrogens (primary N) is 1. The maximum absolute atomic E-state index is 5.81. The molecule has 1 aliphatic carbocycles. The minimum absolute atomic E-state index is 0.0846. The summed E-state index contributed by atoms with van der Waals surface area (Å²) in [4.78, 5) is 8.42. The standard InChI is InChI=1S/C10H15N3/c1-9(2)6-10(9,7-11)8-5-12-3-4-13-8/h3-5H,6-7,11H2,1-2H3. The number of rotatable bonds is 2. The van der Waals surface area contributed by atoms with Gasteiger partial charge in [0.2, 0.25) is 0 Å². The van der Waals surface area contributed by atoms with Crippen LogP contribution < -0.4 is 5.73 Å². The van der Waals surface area contributed by atoms with Crippen molar-refractivity contribution in [1.82, 2.24) is 9.97 Å². The molecule has 3 heteroatoms. The van der Waals surface area contributed by atoms with Crippen LogP contribution in [0, 0.1) is 5.41 Å². The Kier molecular flexibility index (Phi) is 1.67. The first-order chi connectivity index (χ1) is 6.12. The third-order valence-electron chi connectivity index (χ3n) is 3.32. The minimum Gasteiger partial charge on any atom is -0.330 e. The highest BCUT2D eigenvalue weighted by Gasteiger charge is 2.62. The molecule has 3 nitrogen and oxygen atoms in total. The highest BCUT2D eigenvalue weighted by Crippen LogP contribution is 2.62. The number of aromatic nitrogens is 2. The molecule has 1 heterocycles. The summed E-state index contributed by atoms with van der Waals surface area (Å²) in [6.45, 7) is 5.13. The van der Waals surface area contributed by atoms with Crippen LogP contribution in [0.5, 0.6) is 0 Å². The number of nitrogens with zero attached hydrogens (tertiary/aromatic N) is 2. The van der Waals surface area contributed by atoms with Crippen LogP contribution in [0.1, 0.15) is 26.0 Å². The molecule has 1 aromatic rings. The van der Waals surface area contributed by atoms with E-state index in [1.165, 1.54) is 0 Å². The lowest BCUT2D eigenvalue weighted by molar-refractivity contribution is 0.491. The molecular formula is C10H15N3. The molecule has 1 aromatic heterocycles. The molecule has 0 amide bonds. The van der Waals surface area contributed by atoms with Crippen molar-refractivity contribution in [2.75, 3.05) is 6.54 Å². The average molecular weight is 177 g/mol. The number of hydrogen-bond acceptors (Lipinski definition) is 3. The molecule has 0 bridgehead atoms. The van der Waals surface area contributed by atoms with Gasteiger partial charge in [-0.3, -0.25) is 9.97 Å². The van der Waals surface area contributed by atoms with E-state index in [-0.39, 0.29) is 10.8 Å². The molecular weight excluding hydrogens is 162 g/mol. The van der Waals surface area contributed by atoms with Crippen molar-refractivity contribution in [3.8, 4) is 0 Å². The smallest absolute Gasteiger partial charge is 0.0666 e. The van der Waals surface area contributed by atoms with Crippen molar-refractivity contribution in [3.05, 3.63) is 24.3 Å². The molecule has 0 aliphatic heterocycles. The van der Waals surface area contributed by atoms with E-state index >= 15 is 0 Å². The fourth-order valence-corrected chi connectivity index (χ4v) is 2.15. The van der Waals surface area contributed by atoms with Crippen LogP contribution in [0.15, 0.2) is 18.6 Å². The highest BCUT2D eigenvalue weighted by molar-refractivity contribution is 5.30. The molecule has 1 atom stereocenters. The average Bonchev–Trinajstić information content (AvgIpc) is 2.72. The third-order valence-corrected chi connectivity index (χ3v) is 3.32. The number of hydrogen-bond donors (Lipinski definition) is 1. The summed E-state index contributed by atoms with van der Waals surface area (Å²) in [5.41, 5.74) is 7.23. The summed E-state index contributed by atoms with van der Waals surface area (Å²) in [7, 11) is 0. The van der Waals surface area contributed by atoms with Crippen molar-refractivity contribution < 1.29 is 0 Å². The van der Waals surface area contributed by atoms with Crippen molar-refractivity contribution >= 4 is 0 Å². The fourth-order valence-electron chi connectivity index (χ4n) is 2.15. The highest BCUT2D eigenvalue weighted by atomic mass is 14.9. The second-order valence-electron chi connectivity index (χ2n) is 4.44. The van der Waals surface area contributed by atoms with Crippen molar-refractivity contribution in [1.29, 1.82) is 0 Å². The lowest BCUT2D eigenvalue weighted by atomic mass is 9.93. The Labute approximate surface area is 78.4 Å². The van der Waals surface area contributed by atoms with Gasteiger partial charge in [0.05, 0.1) is 5.69 Å². The second-order valence-corrected chi connectivity index (χ2v) is 4.44. The molecule has 0 radical (unpaired) electrons. The quantitative estimate of drug-likeness (QED) is 0.736. The molecule has 1 unspecified atom stereocenters. The second kappa shape index (κ2) is 2.51. The van der Waals surface area contributed by atoms with E-state index in [1.54, 1.807) is 12.4 Å². The SMILES string of the molecule is CC1(C)CC1(CN)c1cnccn1. The van der Waals surface area contributed by atoms with Crippen LogP contribution >= 0.6 is 0 Å². The van der Waals surface area contributed by atoms with E-state index in [2.05, 4.69) is 23.8 Å². The van der Waals surface area contributed by atoms with Crippen LogP contribution in [0.4, 0.5) is 0 Å². The maximum Gasteiger partial charge on any atom is 0.0666 e. The first kappa shape index (κ1) is 8.63. The van der Waals surface area contributed by atoms with E-state index in [0.717, 1.165) is 12.1 Å². The van der Waals surface area contributed by atoms with Crippen molar-refractivity contribution in [3.63, 3.8) is 0 Å². The van der Waals surface area contributed by atoms with E-state index < -0.39 is 0 Å². The first-order valence-corrected chi connectivity index (χ1v) is 4.59. The summed E-state index contributed by atoms with van der Waals surface area (Å²) < 4.78 is 0. The van der Waals surface area contributed by atoms with E-state index in [4.69, 9.17) is 5.73 Å². The maximum atomic E-state index is 5.81. The Hall–Kier alpha value is -0.960. The lowest BCUT2D eigenvalue weighted by Gasteiger charge is -2.16. The van der Waals surface area contributed by atoms with Gasteiger partial charge in [0.25, 0.3) is 0 Å². The Morgan fingerprint density at radius 1 is 1.46 bits per heavy atom. The van der Waals surface area contributed by atoms with Gasteiger partial charge in [0, 0.05) is 30.6 Å². The molecule has 2 N–H and O–H groups in total. The van der Waals surface area contributed by atoms with Gasteiger partial charge < -0.3 is 5.73 Å². The van der Waals surface area contributed by atoms with Gasteiger partial charge >= 0.3 is 0 Å². The summed E-state index contributed by atoms with van der Waals surface area (Å²) in [5, 5.41) is 0. The largest absolute Gasteiger partial charge is 0.330 e. The molecule has 70 valence electrons. The molecule has 2 rings (SSSR count). The van der Waals surface area contributed by atoms with Gasteiger partial charge in [-0.05, 0) is 11.8 Å². The van der Waals surface area contributed by atoms with Crippen LogP contribution in [0.2, 0.25) is 0 Å². The van der Waals surface area contributed by atoms with Gasteiger partial charge in [0.1, 0.15) is 0 Å². The molecule has 0 spiro atoms. The van der Waals surface area contributed by atoms with Crippen LogP contribution in [-0.4, -0.2) is 16.5 Å². The van der Waals surface area contributed by atoms with Gasteiger partial charge in [-0.15, -0.1) is 0 Å². The van der Waals surface area contributed by atoms with E-state index in [9.17, 15) is 0 Å². The molecule has 13 heavy (non-hydrogen) atoms. The van der Waals surface area contributed by atoms with E-state index in [0.29, 0.717) is 6.54 Å². The van der Waals surface area contributed by atoms with Crippen LogP contribution in [0.25, 0.3) is 0 Å². The Bertz CT molecular complexity index is 307. The Balaban J connectivity index is 2.37. The zero-order valence-corrected chi connectivity index (χ0v) is 8.12. The van der Waals surface area contributed by atoms with Gasteiger partial charge in [0.15, 0.2) is 0 Å². The lowest BCUT2D eigenvalue weighted by Crippen LogP contribution is -2.26. The van der Waals surface area contributed by atoms with Gasteiger partial charge in [-0.25, -0.2) is 0 Å². The van der Waals surface area contributed by atoms with Crippen molar-refractivity contribution in [2.45, 2.75) is 25.7 Å². The fraction of sp³-hybridized carbons (Fsp3) is 0.600. The zero-order chi connectivity index (χ0) is 9.53. The Morgan fingerprint density at radius 2 is 2.15 bits per heavy atom. The summed E-state index contributed by atoms with van der Waals surface area (Å²) >= 11 is 0.